The van der Waals surface area contributed by atoms with Gasteiger partial charge in [0.1, 0.15) is 11.8 Å². The van der Waals surface area contributed by atoms with Gasteiger partial charge in [0.2, 0.25) is 5.91 Å². The number of benzene rings is 2. The van der Waals surface area contributed by atoms with Crippen molar-refractivity contribution in [1.29, 1.82) is 0 Å². The SMILES string of the molecule is CCOC(=O)c1cccc(NC(=O)C[C@H]2C(=O)N(c3cccc(OC)c3)C(=O)N2CC(C)C)c1. The lowest BCUT2D eigenvalue weighted by molar-refractivity contribution is -0.124. The van der Waals surface area contributed by atoms with E-state index >= 15 is 0 Å². The molecule has 1 aliphatic rings. The summed E-state index contributed by atoms with van der Waals surface area (Å²) in [6.45, 7) is 6.14. The Hall–Kier alpha value is -3.88. The van der Waals surface area contributed by atoms with Crippen LogP contribution in [0.2, 0.25) is 0 Å². The number of imide groups is 1. The molecule has 1 N–H and O–H groups in total. The number of carbonyl (C=O) groups is 4. The lowest BCUT2D eigenvalue weighted by Gasteiger charge is -2.23. The van der Waals surface area contributed by atoms with Crippen molar-refractivity contribution in [2.45, 2.75) is 33.2 Å². The fourth-order valence-corrected chi connectivity index (χ4v) is 3.75. The summed E-state index contributed by atoms with van der Waals surface area (Å²) in [5, 5.41) is 2.71. The molecule has 3 rings (SSSR count). The molecule has 1 heterocycles. The Kier molecular flexibility index (Phi) is 7.88. The molecule has 0 unspecified atom stereocenters. The first kappa shape index (κ1) is 24.8. The van der Waals surface area contributed by atoms with Gasteiger partial charge in [-0.05, 0) is 43.2 Å². The molecule has 0 aliphatic carbocycles. The standard InChI is InChI=1S/C25H29N3O6/c1-5-34-24(31)17-8-6-9-18(12-17)26-22(29)14-21-23(30)28(25(32)27(21)15-16(2)3)19-10-7-11-20(13-19)33-4/h6-13,16,21H,5,14-15H2,1-4H3,(H,26,29)/t21-/m0/s1. The number of methoxy groups -OCH3 is 1. The molecule has 34 heavy (non-hydrogen) atoms. The average Bonchev–Trinajstić information content (AvgIpc) is 3.02. The number of ether oxygens (including phenoxy) is 2. The van der Waals surface area contributed by atoms with Crippen molar-refractivity contribution < 1.29 is 28.7 Å². The van der Waals surface area contributed by atoms with Crippen molar-refractivity contribution in [2.24, 2.45) is 5.92 Å². The van der Waals surface area contributed by atoms with E-state index in [2.05, 4.69) is 5.32 Å². The Labute approximate surface area is 198 Å². The molecule has 0 spiro atoms. The van der Waals surface area contributed by atoms with Gasteiger partial charge in [-0.1, -0.05) is 26.0 Å². The van der Waals surface area contributed by atoms with Gasteiger partial charge in [-0.2, -0.15) is 0 Å². The van der Waals surface area contributed by atoms with Gasteiger partial charge >= 0.3 is 12.0 Å². The summed E-state index contributed by atoms with van der Waals surface area (Å²) in [5.74, 6) is -0.819. The van der Waals surface area contributed by atoms with Gasteiger partial charge in [0, 0.05) is 18.3 Å². The zero-order valence-electron chi connectivity index (χ0n) is 19.7. The van der Waals surface area contributed by atoms with Crippen LogP contribution in [-0.2, 0) is 14.3 Å². The minimum absolute atomic E-state index is 0.0915. The van der Waals surface area contributed by atoms with Crippen LogP contribution in [0.5, 0.6) is 5.75 Å². The third-order valence-corrected chi connectivity index (χ3v) is 5.23. The second-order valence-corrected chi connectivity index (χ2v) is 8.27. The Balaban J connectivity index is 1.80. The van der Waals surface area contributed by atoms with E-state index in [4.69, 9.17) is 9.47 Å². The smallest absolute Gasteiger partial charge is 0.338 e. The summed E-state index contributed by atoms with van der Waals surface area (Å²) >= 11 is 0. The number of carbonyl (C=O) groups excluding carboxylic acids is 4. The topological polar surface area (TPSA) is 105 Å². The zero-order chi connectivity index (χ0) is 24.8. The Morgan fingerprint density at radius 3 is 2.50 bits per heavy atom. The second-order valence-electron chi connectivity index (χ2n) is 8.27. The third kappa shape index (κ3) is 5.54. The fraction of sp³-hybridized carbons (Fsp3) is 0.360. The molecule has 0 saturated carbocycles. The Morgan fingerprint density at radius 2 is 1.82 bits per heavy atom. The molecule has 9 heteroatoms. The van der Waals surface area contributed by atoms with Crippen molar-refractivity contribution >= 4 is 35.2 Å². The highest BCUT2D eigenvalue weighted by Crippen LogP contribution is 2.30. The fourth-order valence-electron chi connectivity index (χ4n) is 3.75. The van der Waals surface area contributed by atoms with E-state index in [0.717, 1.165) is 4.90 Å². The summed E-state index contributed by atoms with van der Waals surface area (Å²) < 4.78 is 10.2. The van der Waals surface area contributed by atoms with Crippen molar-refractivity contribution in [1.82, 2.24) is 4.90 Å². The normalized spacial score (nSPS) is 15.6. The number of hydrogen-bond acceptors (Lipinski definition) is 6. The lowest BCUT2D eigenvalue weighted by Crippen LogP contribution is -2.40. The maximum atomic E-state index is 13.3. The lowest BCUT2D eigenvalue weighted by atomic mass is 10.1. The van der Waals surface area contributed by atoms with E-state index in [-0.39, 0.29) is 18.9 Å². The van der Waals surface area contributed by atoms with Gasteiger partial charge < -0.3 is 19.7 Å². The number of nitrogens with zero attached hydrogens (tertiary/aromatic N) is 2. The molecule has 1 saturated heterocycles. The molecule has 9 nitrogen and oxygen atoms in total. The summed E-state index contributed by atoms with van der Waals surface area (Å²) in [4.78, 5) is 53.8. The predicted molar refractivity (Wildman–Crippen MR) is 127 cm³/mol. The highest BCUT2D eigenvalue weighted by molar-refractivity contribution is 6.22. The molecule has 1 aliphatic heterocycles. The number of anilines is 2. The molecule has 2 aromatic carbocycles. The first-order valence-corrected chi connectivity index (χ1v) is 11.1. The van der Waals surface area contributed by atoms with Gasteiger partial charge in [0.05, 0.1) is 31.4 Å². The van der Waals surface area contributed by atoms with Gasteiger partial charge in [-0.25, -0.2) is 14.5 Å². The summed E-state index contributed by atoms with van der Waals surface area (Å²) in [5.41, 5.74) is 1.08. The first-order chi connectivity index (χ1) is 16.2. The van der Waals surface area contributed by atoms with Crippen molar-refractivity contribution in [2.75, 3.05) is 30.5 Å². The van der Waals surface area contributed by atoms with E-state index in [1.807, 2.05) is 13.8 Å². The van der Waals surface area contributed by atoms with Crippen LogP contribution in [0, 0.1) is 5.92 Å². The molecule has 2 aromatic rings. The largest absolute Gasteiger partial charge is 0.497 e. The second kappa shape index (κ2) is 10.8. The molecule has 1 fully saturated rings. The minimum Gasteiger partial charge on any atom is -0.497 e. The van der Waals surface area contributed by atoms with Crippen LogP contribution in [0.15, 0.2) is 48.5 Å². The molecule has 0 aromatic heterocycles. The van der Waals surface area contributed by atoms with Crippen LogP contribution in [0.1, 0.15) is 37.6 Å². The molecule has 4 amide bonds. The van der Waals surface area contributed by atoms with E-state index < -0.39 is 29.9 Å². The Bertz CT molecular complexity index is 1080. The zero-order valence-corrected chi connectivity index (χ0v) is 19.7. The van der Waals surface area contributed by atoms with E-state index in [1.54, 1.807) is 49.4 Å². The number of hydrogen-bond donors (Lipinski definition) is 1. The molecule has 1 atom stereocenters. The van der Waals surface area contributed by atoms with E-state index in [1.165, 1.54) is 18.1 Å². The quantitative estimate of drug-likeness (QED) is 0.445. The van der Waals surface area contributed by atoms with Crippen LogP contribution in [0.25, 0.3) is 0 Å². The highest BCUT2D eigenvalue weighted by Gasteiger charge is 2.46. The van der Waals surface area contributed by atoms with E-state index in [0.29, 0.717) is 29.2 Å². The number of urea groups is 1. The maximum Gasteiger partial charge on any atom is 0.338 e. The van der Waals surface area contributed by atoms with Crippen molar-refractivity contribution in [3.63, 3.8) is 0 Å². The monoisotopic (exact) mass is 467 g/mol. The molecular weight excluding hydrogens is 438 g/mol. The molecule has 0 radical (unpaired) electrons. The van der Waals surface area contributed by atoms with Crippen LogP contribution in [0.3, 0.4) is 0 Å². The molecule has 180 valence electrons. The van der Waals surface area contributed by atoms with Gasteiger partial charge in [0.25, 0.3) is 5.91 Å². The van der Waals surface area contributed by atoms with Gasteiger partial charge in [-0.3, -0.25) is 9.59 Å². The van der Waals surface area contributed by atoms with Crippen LogP contribution >= 0.6 is 0 Å². The van der Waals surface area contributed by atoms with E-state index in [9.17, 15) is 19.2 Å². The number of nitrogens with one attached hydrogen (secondary N) is 1. The van der Waals surface area contributed by atoms with Crippen molar-refractivity contribution in [3.8, 4) is 5.75 Å². The highest BCUT2D eigenvalue weighted by atomic mass is 16.5. The van der Waals surface area contributed by atoms with Gasteiger partial charge in [-0.15, -0.1) is 0 Å². The maximum absolute atomic E-state index is 13.3. The predicted octanol–water partition coefficient (Wildman–Crippen LogP) is 3.69. The summed E-state index contributed by atoms with van der Waals surface area (Å²) in [6, 6.07) is 11.6. The van der Waals surface area contributed by atoms with Crippen LogP contribution in [-0.4, -0.2) is 55.0 Å². The van der Waals surface area contributed by atoms with Gasteiger partial charge in [0.15, 0.2) is 0 Å². The van der Waals surface area contributed by atoms with Crippen LogP contribution in [0.4, 0.5) is 16.2 Å². The third-order valence-electron chi connectivity index (χ3n) is 5.23. The van der Waals surface area contributed by atoms with Crippen molar-refractivity contribution in [3.05, 3.63) is 54.1 Å². The number of rotatable bonds is 9. The number of amides is 4. The minimum atomic E-state index is -0.950. The molecule has 0 bridgehead atoms. The average molecular weight is 468 g/mol. The van der Waals surface area contributed by atoms with Crippen LogP contribution < -0.4 is 15.0 Å². The summed E-state index contributed by atoms with van der Waals surface area (Å²) in [6.07, 6.45) is -0.221. The first-order valence-electron chi connectivity index (χ1n) is 11.1. The molecular formula is C25H29N3O6. The summed E-state index contributed by atoms with van der Waals surface area (Å²) in [7, 11) is 1.50. The number of esters is 1. The Morgan fingerprint density at radius 1 is 1.09 bits per heavy atom.